The van der Waals surface area contributed by atoms with Crippen molar-refractivity contribution in [1.82, 2.24) is 4.57 Å². The van der Waals surface area contributed by atoms with Gasteiger partial charge in [-0.05, 0) is 37.8 Å². The number of carbonyl (C=O) groups excluding carboxylic acids is 2. The van der Waals surface area contributed by atoms with Crippen molar-refractivity contribution >= 4 is 28.9 Å². The summed E-state index contributed by atoms with van der Waals surface area (Å²) in [5.74, 6) is -0.715. The molecule has 7 heteroatoms. The zero-order valence-corrected chi connectivity index (χ0v) is 16.3. The average Bonchev–Trinajstić information content (AvgIpc) is 2.93. The number of thiazole rings is 1. The Labute approximate surface area is 156 Å². The third-order valence-corrected chi connectivity index (χ3v) is 5.18. The van der Waals surface area contributed by atoms with E-state index in [0.717, 1.165) is 29.0 Å². The van der Waals surface area contributed by atoms with Crippen LogP contribution in [-0.4, -0.2) is 22.5 Å². The third-order valence-electron chi connectivity index (χ3n) is 4.30. The predicted molar refractivity (Wildman–Crippen MR) is 103 cm³/mol. The molecule has 0 unspecified atom stereocenters. The van der Waals surface area contributed by atoms with Gasteiger partial charge in [-0.3, -0.25) is 19.0 Å². The zero-order valence-electron chi connectivity index (χ0n) is 15.4. The topological polar surface area (TPSA) is 77.4 Å². The highest BCUT2D eigenvalue weighted by Crippen LogP contribution is 2.26. The number of amides is 1. The van der Waals surface area contributed by atoms with Crippen LogP contribution in [0.3, 0.4) is 0 Å². The molecule has 1 aromatic heterocycles. The number of anilines is 1. The Morgan fingerprint density at radius 1 is 1.27 bits per heavy atom. The van der Waals surface area contributed by atoms with E-state index in [-0.39, 0.29) is 11.4 Å². The van der Waals surface area contributed by atoms with E-state index >= 15 is 0 Å². The lowest BCUT2D eigenvalue weighted by Gasteiger charge is -2.18. The Morgan fingerprint density at radius 2 is 1.96 bits per heavy atom. The standard InChI is InChI=1S/C19H24N2O4S/c1-5-12(2)15-8-6-7-9-16(15)20-18(23)14(4)25-17(22)10-21-13(3)11-26-19(21)24/h6-9,11-12,14H,5,10H2,1-4H3,(H,20,23)/t12-,14+/m1/s1. The van der Waals surface area contributed by atoms with Crippen molar-refractivity contribution in [2.45, 2.75) is 52.7 Å². The van der Waals surface area contributed by atoms with Gasteiger partial charge >= 0.3 is 10.8 Å². The number of esters is 1. The van der Waals surface area contributed by atoms with Crippen LogP contribution >= 0.6 is 11.3 Å². The van der Waals surface area contributed by atoms with Gasteiger partial charge < -0.3 is 10.1 Å². The Hall–Kier alpha value is -2.41. The molecule has 0 aliphatic carbocycles. The van der Waals surface area contributed by atoms with Crippen LogP contribution in [0.4, 0.5) is 5.69 Å². The van der Waals surface area contributed by atoms with Crippen molar-refractivity contribution in [3.8, 4) is 0 Å². The molecule has 1 heterocycles. The van der Waals surface area contributed by atoms with E-state index in [4.69, 9.17) is 4.74 Å². The lowest BCUT2D eigenvalue weighted by Crippen LogP contribution is -2.32. The lowest BCUT2D eigenvalue weighted by atomic mass is 9.97. The van der Waals surface area contributed by atoms with Crippen LogP contribution in [0.5, 0.6) is 0 Å². The van der Waals surface area contributed by atoms with Crippen LogP contribution in [0.1, 0.15) is 44.4 Å². The molecule has 0 fully saturated rings. The predicted octanol–water partition coefficient (Wildman–Crippen LogP) is 3.30. The Morgan fingerprint density at radius 3 is 2.58 bits per heavy atom. The van der Waals surface area contributed by atoms with E-state index < -0.39 is 18.0 Å². The fraction of sp³-hybridized carbons (Fsp3) is 0.421. The van der Waals surface area contributed by atoms with Crippen molar-refractivity contribution in [3.05, 3.63) is 50.6 Å². The quantitative estimate of drug-likeness (QED) is 0.752. The van der Waals surface area contributed by atoms with Crippen molar-refractivity contribution < 1.29 is 14.3 Å². The first-order chi connectivity index (χ1) is 12.3. The van der Waals surface area contributed by atoms with Crippen LogP contribution in [-0.2, 0) is 20.9 Å². The van der Waals surface area contributed by atoms with Crippen molar-refractivity contribution in [2.75, 3.05) is 5.32 Å². The number of carbonyl (C=O) groups is 2. The van der Waals surface area contributed by atoms with Crippen LogP contribution in [0.25, 0.3) is 0 Å². The SMILES string of the molecule is CC[C@@H](C)c1ccccc1NC(=O)[C@H](C)OC(=O)Cn1c(C)csc1=O. The molecule has 0 radical (unpaired) electrons. The Bertz CT molecular complexity index is 840. The maximum Gasteiger partial charge on any atom is 0.326 e. The molecule has 0 spiro atoms. The molecule has 1 amide bonds. The van der Waals surface area contributed by atoms with Crippen LogP contribution < -0.4 is 10.2 Å². The van der Waals surface area contributed by atoms with Crippen LogP contribution in [0.15, 0.2) is 34.4 Å². The maximum absolute atomic E-state index is 12.4. The molecule has 1 aromatic carbocycles. The smallest absolute Gasteiger partial charge is 0.326 e. The van der Waals surface area contributed by atoms with E-state index in [9.17, 15) is 14.4 Å². The second-order valence-electron chi connectivity index (χ2n) is 6.25. The number of ether oxygens (including phenoxy) is 1. The maximum atomic E-state index is 12.4. The van der Waals surface area contributed by atoms with E-state index in [2.05, 4.69) is 19.2 Å². The van der Waals surface area contributed by atoms with E-state index in [1.54, 1.807) is 12.3 Å². The highest BCUT2D eigenvalue weighted by Gasteiger charge is 2.20. The van der Waals surface area contributed by atoms with Gasteiger partial charge in [0.25, 0.3) is 5.91 Å². The molecule has 0 bridgehead atoms. The second-order valence-corrected chi connectivity index (χ2v) is 7.07. The fourth-order valence-corrected chi connectivity index (χ4v) is 3.24. The van der Waals surface area contributed by atoms with Gasteiger partial charge in [0.2, 0.25) is 0 Å². The van der Waals surface area contributed by atoms with Crippen molar-refractivity contribution in [2.24, 2.45) is 0 Å². The molecule has 6 nitrogen and oxygen atoms in total. The first kappa shape index (κ1) is 19.9. The van der Waals surface area contributed by atoms with Gasteiger partial charge in [-0.1, -0.05) is 43.4 Å². The first-order valence-electron chi connectivity index (χ1n) is 8.57. The Kier molecular flexibility index (Phi) is 6.74. The average molecular weight is 376 g/mol. The minimum absolute atomic E-state index is 0.199. The highest BCUT2D eigenvalue weighted by atomic mass is 32.1. The zero-order chi connectivity index (χ0) is 19.3. The summed E-state index contributed by atoms with van der Waals surface area (Å²) in [6, 6.07) is 7.60. The molecule has 0 saturated heterocycles. The molecule has 0 aliphatic heterocycles. The Balaban J connectivity index is 2.00. The number of hydrogen-bond donors (Lipinski definition) is 1. The van der Waals surface area contributed by atoms with Gasteiger partial charge in [-0.2, -0.15) is 0 Å². The summed E-state index contributed by atoms with van der Waals surface area (Å²) in [5, 5.41) is 4.51. The number of aryl methyl sites for hydroxylation is 1. The lowest BCUT2D eigenvalue weighted by molar-refractivity contribution is -0.153. The molecule has 140 valence electrons. The summed E-state index contributed by atoms with van der Waals surface area (Å²) in [6.07, 6.45) is -0.00580. The van der Waals surface area contributed by atoms with Gasteiger partial charge in [0, 0.05) is 16.8 Å². The summed E-state index contributed by atoms with van der Waals surface area (Å²) in [7, 11) is 0. The summed E-state index contributed by atoms with van der Waals surface area (Å²) < 4.78 is 6.52. The number of aromatic nitrogens is 1. The third kappa shape index (κ3) is 4.82. The second kappa shape index (κ2) is 8.80. The van der Waals surface area contributed by atoms with Gasteiger partial charge in [-0.15, -0.1) is 0 Å². The molecule has 2 aromatic rings. The minimum atomic E-state index is -0.956. The first-order valence-corrected chi connectivity index (χ1v) is 9.45. The number of nitrogens with one attached hydrogen (secondary N) is 1. The van der Waals surface area contributed by atoms with Crippen LogP contribution in [0.2, 0.25) is 0 Å². The van der Waals surface area contributed by atoms with E-state index in [1.165, 1.54) is 11.5 Å². The molecule has 0 saturated carbocycles. The van der Waals surface area contributed by atoms with E-state index in [0.29, 0.717) is 11.6 Å². The van der Waals surface area contributed by atoms with Gasteiger partial charge in [0.15, 0.2) is 6.10 Å². The minimum Gasteiger partial charge on any atom is -0.451 e. The normalized spacial score (nSPS) is 13.1. The van der Waals surface area contributed by atoms with Gasteiger partial charge in [-0.25, -0.2) is 0 Å². The molecule has 2 rings (SSSR count). The molecule has 0 aliphatic rings. The van der Waals surface area contributed by atoms with E-state index in [1.807, 2.05) is 24.3 Å². The summed E-state index contributed by atoms with van der Waals surface area (Å²) in [4.78, 5) is 35.9. The highest BCUT2D eigenvalue weighted by molar-refractivity contribution is 7.07. The monoisotopic (exact) mass is 376 g/mol. The van der Waals surface area contributed by atoms with Crippen molar-refractivity contribution in [3.63, 3.8) is 0 Å². The summed E-state index contributed by atoms with van der Waals surface area (Å²) in [6.45, 7) is 7.24. The molecule has 26 heavy (non-hydrogen) atoms. The summed E-state index contributed by atoms with van der Waals surface area (Å²) in [5.41, 5.74) is 2.46. The fourth-order valence-electron chi connectivity index (χ4n) is 2.51. The summed E-state index contributed by atoms with van der Waals surface area (Å²) >= 11 is 1.03. The van der Waals surface area contributed by atoms with Gasteiger partial charge in [0.05, 0.1) is 0 Å². The molecular formula is C19H24N2O4S. The number of para-hydroxylation sites is 1. The number of nitrogens with zero attached hydrogens (tertiary/aromatic N) is 1. The van der Waals surface area contributed by atoms with Crippen molar-refractivity contribution in [1.29, 1.82) is 0 Å². The number of hydrogen-bond acceptors (Lipinski definition) is 5. The molecule has 2 atom stereocenters. The number of rotatable bonds is 7. The van der Waals surface area contributed by atoms with Gasteiger partial charge in [0.1, 0.15) is 6.54 Å². The largest absolute Gasteiger partial charge is 0.451 e. The number of benzene rings is 1. The molecular weight excluding hydrogens is 352 g/mol. The molecule has 1 N–H and O–H groups in total. The van der Waals surface area contributed by atoms with Crippen LogP contribution in [0, 0.1) is 6.92 Å².